The van der Waals surface area contributed by atoms with Gasteiger partial charge in [-0.2, -0.15) is 13.2 Å². The van der Waals surface area contributed by atoms with Gasteiger partial charge in [0.25, 0.3) is 0 Å². The molecule has 0 radical (unpaired) electrons. The number of rotatable bonds is 6. The summed E-state index contributed by atoms with van der Waals surface area (Å²) in [4.78, 5) is 3.24. The molecule has 0 spiro atoms. The third kappa shape index (κ3) is 5.83. The monoisotopic (exact) mass is 429 g/mol. The molecule has 0 amide bonds. The molecule has 1 aromatic carbocycles. The highest BCUT2D eigenvalue weighted by atomic mass is 32.2. The maximum Gasteiger partial charge on any atom is 0.417 e. The Morgan fingerprint density at radius 1 is 1.14 bits per heavy atom. The molecule has 1 heterocycles. The van der Waals surface area contributed by atoms with E-state index in [0.29, 0.717) is 5.88 Å². The van der Waals surface area contributed by atoms with Crippen LogP contribution in [0.15, 0.2) is 41.4 Å². The Morgan fingerprint density at radius 3 is 2.52 bits per heavy atom. The summed E-state index contributed by atoms with van der Waals surface area (Å²) in [5.74, 6) is 0.483. The summed E-state index contributed by atoms with van der Waals surface area (Å²) in [7, 11) is -4.49. The molecule has 1 aromatic heterocycles. The first kappa shape index (κ1) is 21.4. The van der Waals surface area contributed by atoms with E-state index in [1.54, 1.807) is 18.3 Å². The van der Waals surface area contributed by atoms with Crippen LogP contribution in [0, 0.1) is 0 Å². The van der Waals surface area contributed by atoms with E-state index in [-0.39, 0.29) is 18.3 Å². The summed E-state index contributed by atoms with van der Waals surface area (Å²) < 4.78 is 68.4. The molecule has 0 aliphatic heterocycles. The molecule has 2 aromatic rings. The number of hydrogen-bond acceptors (Lipinski definition) is 5. The summed E-state index contributed by atoms with van der Waals surface area (Å²) in [5, 5.41) is 7.76. The minimum Gasteiger partial charge on any atom is -0.474 e. The molecule has 3 N–H and O–H groups in total. The van der Waals surface area contributed by atoms with Crippen LogP contribution >= 0.6 is 0 Å². The molecule has 0 saturated heterocycles. The van der Waals surface area contributed by atoms with Gasteiger partial charge in [0.2, 0.25) is 15.9 Å². The third-order valence-electron chi connectivity index (χ3n) is 4.73. The number of alkyl halides is 3. The van der Waals surface area contributed by atoms with Crippen molar-refractivity contribution in [3.05, 3.63) is 47.7 Å². The molecule has 6 nitrogen and oxygen atoms in total. The number of nitrogens with two attached hydrogens (primary N) is 1. The fraction of sp³-hybridized carbons (Fsp3) is 0.421. The van der Waals surface area contributed by atoms with Crippen molar-refractivity contribution >= 4 is 15.7 Å². The normalized spacial score (nSPS) is 15.9. The lowest BCUT2D eigenvalue weighted by molar-refractivity contribution is -0.139. The van der Waals surface area contributed by atoms with Gasteiger partial charge in [-0.1, -0.05) is 6.42 Å². The van der Waals surface area contributed by atoms with Crippen molar-refractivity contribution < 1.29 is 26.3 Å². The van der Waals surface area contributed by atoms with E-state index < -0.39 is 26.7 Å². The van der Waals surface area contributed by atoms with Crippen LogP contribution < -0.4 is 15.2 Å². The zero-order chi connectivity index (χ0) is 21.1. The predicted octanol–water partition coefficient (Wildman–Crippen LogP) is 4.07. The van der Waals surface area contributed by atoms with Crippen LogP contribution in [0.25, 0.3) is 0 Å². The van der Waals surface area contributed by atoms with Gasteiger partial charge in [-0.15, -0.1) is 0 Å². The van der Waals surface area contributed by atoms with Crippen LogP contribution in [0.5, 0.6) is 5.88 Å². The van der Waals surface area contributed by atoms with Gasteiger partial charge in [0.15, 0.2) is 0 Å². The van der Waals surface area contributed by atoms with Crippen molar-refractivity contribution in [3.63, 3.8) is 0 Å². The number of primary sulfonamides is 1. The number of anilines is 1. The topological polar surface area (TPSA) is 94.3 Å². The van der Waals surface area contributed by atoms with E-state index in [1.165, 1.54) is 12.5 Å². The Labute approximate surface area is 167 Å². The molecule has 1 fully saturated rings. The Kier molecular flexibility index (Phi) is 6.33. The van der Waals surface area contributed by atoms with Crippen molar-refractivity contribution in [1.82, 2.24) is 4.98 Å². The second kappa shape index (κ2) is 8.58. The van der Waals surface area contributed by atoms with Gasteiger partial charge < -0.3 is 10.1 Å². The van der Waals surface area contributed by atoms with Crippen LogP contribution in [0.1, 0.15) is 43.2 Å². The van der Waals surface area contributed by atoms with Crippen LogP contribution in [0.3, 0.4) is 0 Å². The molecule has 0 atom stereocenters. The van der Waals surface area contributed by atoms with E-state index >= 15 is 0 Å². The zero-order valence-electron chi connectivity index (χ0n) is 15.6. The molecule has 1 saturated carbocycles. The van der Waals surface area contributed by atoms with E-state index in [1.807, 2.05) is 0 Å². The SMILES string of the molecule is NS(=O)(=O)c1ccc(NCc2ccnc(OC3CCCCC3)c2)cc1C(F)(F)F. The smallest absolute Gasteiger partial charge is 0.417 e. The van der Waals surface area contributed by atoms with Gasteiger partial charge in [0.1, 0.15) is 6.10 Å². The highest BCUT2D eigenvalue weighted by Crippen LogP contribution is 2.35. The standard InChI is InChI=1S/C19H22F3N3O3S/c20-19(21,22)16-11-14(6-7-17(16)29(23,26)27)25-12-13-8-9-24-18(10-13)28-15-4-2-1-3-5-15/h6-11,15,25H,1-5,12H2,(H2,23,26,27). The number of nitrogens with one attached hydrogen (secondary N) is 1. The van der Waals surface area contributed by atoms with Crippen molar-refractivity contribution in [2.75, 3.05) is 5.32 Å². The molecule has 0 bridgehead atoms. The van der Waals surface area contributed by atoms with Crippen molar-refractivity contribution in [2.45, 2.75) is 55.8 Å². The minimum absolute atomic E-state index is 0.122. The van der Waals surface area contributed by atoms with Gasteiger partial charge in [-0.25, -0.2) is 18.5 Å². The lowest BCUT2D eigenvalue weighted by Crippen LogP contribution is -2.20. The molecule has 1 aliphatic carbocycles. The Bertz CT molecular complexity index is 959. The first-order valence-electron chi connectivity index (χ1n) is 9.22. The highest BCUT2D eigenvalue weighted by Gasteiger charge is 2.36. The average Bonchev–Trinajstić information content (AvgIpc) is 2.66. The summed E-state index contributed by atoms with van der Waals surface area (Å²) >= 11 is 0. The maximum atomic E-state index is 13.2. The number of nitrogens with zero attached hydrogens (tertiary/aromatic N) is 1. The predicted molar refractivity (Wildman–Crippen MR) is 102 cm³/mol. The van der Waals surface area contributed by atoms with Crippen LogP contribution in [-0.2, 0) is 22.7 Å². The zero-order valence-corrected chi connectivity index (χ0v) is 16.4. The van der Waals surface area contributed by atoms with Gasteiger partial charge in [0.05, 0.1) is 10.5 Å². The molecular weight excluding hydrogens is 407 g/mol. The molecule has 29 heavy (non-hydrogen) atoms. The van der Waals surface area contributed by atoms with Gasteiger partial charge in [-0.3, -0.25) is 0 Å². The number of ether oxygens (including phenoxy) is 1. The number of pyridine rings is 1. The van der Waals surface area contributed by atoms with E-state index in [2.05, 4.69) is 10.3 Å². The van der Waals surface area contributed by atoms with Gasteiger partial charge in [0, 0.05) is 24.5 Å². The van der Waals surface area contributed by atoms with E-state index in [0.717, 1.165) is 43.4 Å². The summed E-state index contributed by atoms with van der Waals surface area (Å²) in [6.45, 7) is 0.218. The molecular formula is C19H22F3N3O3S. The maximum absolute atomic E-state index is 13.2. The molecule has 3 rings (SSSR count). The largest absolute Gasteiger partial charge is 0.474 e. The first-order valence-corrected chi connectivity index (χ1v) is 10.8. The number of halogens is 3. The van der Waals surface area contributed by atoms with E-state index in [4.69, 9.17) is 9.88 Å². The Balaban J connectivity index is 1.72. The molecule has 1 aliphatic rings. The molecule has 158 valence electrons. The van der Waals surface area contributed by atoms with Crippen LogP contribution in [0.2, 0.25) is 0 Å². The number of benzene rings is 1. The summed E-state index contributed by atoms with van der Waals surface area (Å²) in [5.41, 5.74) is -0.410. The van der Waals surface area contributed by atoms with Crippen molar-refractivity contribution in [1.29, 1.82) is 0 Å². The Morgan fingerprint density at radius 2 is 1.86 bits per heavy atom. The fourth-order valence-corrected chi connectivity index (χ4v) is 4.03. The van der Waals surface area contributed by atoms with Gasteiger partial charge >= 0.3 is 6.18 Å². The van der Waals surface area contributed by atoms with Crippen LogP contribution in [0.4, 0.5) is 18.9 Å². The third-order valence-corrected chi connectivity index (χ3v) is 5.70. The van der Waals surface area contributed by atoms with E-state index in [9.17, 15) is 21.6 Å². The lowest BCUT2D eigenvalue weighted by Gasteiger charge is -2.22. The summed E-state index contributed by atoms with van der Waals surface area (Å²) in [6.07, 6.45) is 2.31. The average molecular weight is 429 g/mol. The second-order valence-electron chi connectivity index (χ2n) is 6.99. The summed E-state index contributed by atoms with van der Waals surface area (Å²) in [6, 6.07) is 6.30. The van der Waals surface area contributed by atoms with Crippen molar-refractivity contribution in [2.24, 2.45) is 5.14 Å². The quantitative estimate of drug-likeness (QED) is 0.722. The molecule has 0 unspecified atom stereocenters. The second-order valence-corrected chi connectivity index (χ2v) is 8.52. The van der Waals surface area contributed by atoms with Gasteiger partial charge in [-0.05, 0) is 55.5 Å². The first-order chi connectivity index (χ1) is 13.6. The number of sulfonamides is 1. The highest BCUT2D eigenvalue weighted by molar-refractivity contribution is 7.89. The molecule has 10 heteroatoms. The van der Waals surface area contributed by atoms with Crippen molar-refractivity contribution in [3.8, 4) is 5.88 Å². The van der Waals surface area contributed by atoms with Crippen LogP contribution in [-0.4, -0.2) is 19.5 Å². The number of aromatic nitrogens is 1. The Hall–Kier alpha value is -2.33. The fourth-order valence-electron chi connectivity index (χ4n) is 3.29. The minimum atomic E-state index is -4.85. The number of hydrogen-bond donors (Lipinski definition) is 2. The lowest BCUT2D eigenvalue weighted by atomic mass is 9.98.